The molecule has 0 N–H and O–H groups in total. The molecule has 0 bridgehead atoms. The SMILES string of the molecule is COCC1CCN(C(=O)c2cc(COc3ccc4sc(C)nc4c3)on2)C1. The molecule has 2 aromatic heterocycles. The van der Waals surface area contributed by atoms with Crippen molar-refractivity contribution in [2.45, 2.75) is 20.0 Å². The first-order chi connectivity index (χ1) is 13.1. The molecule has 1 amide bonds. The predicted molar refractivity (Wildman–Crippen MR) is 101 cm³/mol. The molecule has 4 rings (SSSR count). The lowest BCUT2D eigenvalue weighted by molar-refractivity contribution is 0.0765. The van der Waals surface area contributed by atoms with Crippen molar-refractivity contribution in [3.8, 4) is 5.75 Å². The highest BCUT2D eigenvalue weighted by atomic mass is 32.1. The van der Waals surface area contributed by atoms with Gasteiger partial charge in [0.05, 0.1) is 21.8 Å². The van der Waals surface area contributed by atoms with Gasteiger partial charge in [0.15, 0.2) is 11.5 Å². The van der Waals surface area contributed by atoms with E-state index in [1.165, 1.54) is 0 Å². The molecule has 1 fully saturated rings. The number of thiazole rings is 1. The van der Waals surface area contributed by atoms with Crippen LogP contribution in [0.15, 0.2) is 28.8 Å². The summed E-state index contributed by atoms with van der Waals surface area (Å²) in [5, 5.41) is 4.93. The molecule has 1 unspecified atom stereocenters. The summed E-state index contributed by atoms with van der Waals surface area (Å²) in [6.07, 6.45) is 0.950. The Bertz CT molecular complexity index is 951. The lowest BCUT2D eigenvalue weighted by Gasteiger charge is -2.14. The van der Waals surface area contributed by atoms with Crippen molar-refractivity contribution in [3.05, 3.63) is 40.7 Å². The fourth-order valence-electron chi connectivity index (χ4n) is 3.30. The van der Waals surface area contributed by atoms with E-state index in [0.29, 0.717) is 36.3 Å². The normalized spacial score (nSPS) is 17.0. The number of aromatic nitrogens is 2. The third-order valence-corrected chi connectivity index (χ3v) is 5.55. The van der Waals surface area contributed by atoms with Gasteiger partial charge >= 0.3 is 0 Å². The van der Waals surface area contributed by atoms with Crippen LogP contribution in [0.2, 0.25) is 0 Å². The topological polar surface area (TPSA) is 77.7 Å². The zero-order valence-electron chi connectivity index (χ0n) is 15.3. The maximum Gasteiger partial charge on any atom is 0.276 e. The van der Waals surface area contributed by atoms with Crippen LogP contribution in [0.3, 0.4) is 0 Å². The highest BCUT2D eigenvalue weighted by Crippen LogP contribution is 2.26. The van der Waals surface area contributed by atoms with Crippen molar-refractivity contribution in [1.82, 2.24) is 15.0 Å². The Kier molecular flexibility index (Phi) is 5.09. The highest BCUT2D eigenvalue weighted by molar-refractivity contribution is 7.18. The third kappa shape index (κ3) is 3.96. The van der Waals surface area contributed by atoms with Crippen molar-refractivity contribution >= 4 is 27.5 Å². The van der Waals surface area contributed by atoms with Gasteiger partial charge < -0.3 is 18.9 Å². The van der Waals surface area contributed by atoms with Gasteiger partial charge in [0, 0.05) is 38.2 Å². The number of methoxy groups -OCH3 is 1. The van der Waals surface area contributed by atoms with Gasteiger partial charge in [0.1, 0.15) is 12.4 Å². The number of aryl methyl sites for hydroxylation is 1. The van der Waals surface area contributed by atoms with Crippen molar-refractivity contribution in [3.63, 3.8) is 0 Å². The van der Waals surface area contributed by atoms with Gasteiger partial charge in [0.25, 0.3) is 5.91 Å². The molecule has 3 heterocycles. The summed E-state index contributed by atoms with van der Waals surface area (Å²) in [4.78, 5) is 18.8. The molecule has 3 aromatic rings. The van der Waals surface area contributed by atoms with Crippen molar-refractivity contribution in [2.24, 2.45) is 5.92 Å². The lowest BCUT2D eigenvalue weighted by Crippen LogP contribution is -2.29. The number of carbonyl (C=O) groups excluding carboxylic acids is 1. The highest BCUT2D eigenvalue weighted by Gasteiger charge is 2.28. The first-order valence-electron chi connectivity index (χ1n) is 8.86. The number of amides is 1. The molecule has 1 aliphatic rings. The summed E-state index contributed by atoms with van der Waals surface area (Å²) in [5.41, 5.74) is 1.24. The smallest absolute Gasteiger partial charge is 0.276 e. The van der Waals surface area contributed by atoms with Crippen LogP contribution >= 0.6 is 11.3 Å². The number of hydrogen-bond donors (Lipinski definition) is 0. The summed E-state index contributed by atoms with van der Waals surface area (Å²) in [5.74, 6) is 1.50. The van der Waals surface area contributed by atoms with E-state index in [9.17, 15) is 4.79 Å². The monoisotopic (exact) mass is 387 g/mol. The fourth-order valence-corrected chi connectivity index (χ4v) is 4.11. The van der Waals surface area contributed by atoms with Crippen LogP contribution < -0.4 is 4.74 Å². The zero-order chi connectivity index (χ0) is 18.8. The number of likely N-dealkylation sites (tertiary alicyclic amines) is 1. The number of benzene rings is 1. The first kappa shape index (κ1) is 17.9. The summed E-state index contributed by atoms with van der Waals surface area (Å²) in [6.45, 7) is 4.28. The summed E-state index contributed by atoms with van der Waals surface area (Å²) in [6, 6.07) is 7.45. The van der Waals surface area contributed by atoms with E-state index >= 15 is 0 Å². The minimum Gasteiger partial charge on any atom is -0.485 e. The van der Waals surface area contributed by atoms with E-state index in [1.807, 2.05) is 25.1 Å². The molecule has 142 valence electrons. The Morgan fingerprint density at radius 2 is 2.30 bits per heavy atom. The molecule has 8 heteroatoms. The second-order valence-corrected chi connectivity index (χ2v) is 7.93. The van der Waals surface area contributed by atoms with Crippen molar-refractivity contribution < 1.29 is 18.8 Å². The molecule has 0 spiro atoms. The molecule has 0 saturated carbocycles. The van der Waals surface area contributed by atoms with Crippen LogP contribution in [0.25, 0.3) is 10.2 Å². The standard InChI is InChI=1S/C19H21N3O4S/c1-12-20-16-7-14(3-4-18(16)27-12)25-11-15-8-17(21-26-15)19(23)22-6-5-13(9-22)10-24-2/h3-4,7-8,13H,5-6,9-11H2,1-2H3. The zero-order valence-corrected chi connectivity index (χ0v) is 16.1. The molecule has 27 heavy (non-hydrogen) atoms. The summed E-state index contributed by atoms with van der Waals surface area (Å²) in [7, 11) is 1.68. The van der Waals surface area contributed by atoms with Gasteiger partial charge in [0.2, 0.25) is 0 Å². The van der Waals surface area contributed by atoms with Crippen molar-refractivity contribution in [1.29, 1.82) is 0 Å². The van der Waals surface area contributed by atoms with Crippen LogP contribution in [-0.2, 0) is 11.3 Å². The quantitative estimate of drug-likeness (QED) is 0.646. The Morgan fingerprint density at radius 1 is 1.41 bits per heavy atom. The van der Waals surface area contributed by atoms with Crippen LogP contribution in [0.5, 0.6) is 5.75 Å². The number of fused-ring (bicyclic) bond motifs is 1. The van der Waals surface area contributed by atoms with Gasteiger partial charge in [-0.25, -0.2) is 4.98 Å². The minimum absolute atomic E-state index is 0.108. The van der Waals surface area contributed by atoms with Crippen molar-refractivity contribution in [2.75, 3.05) is 26.8 Å². The maximum atomic E-state index is 12.5. The van der Waals surface area contributed by atoms with E-state index in [-0.39, 0.29) is 12.5 Å². The number of rotatable bonds is 6. The van der Waals surface area contributed by atoms with Crippen LogP contribution in [-0.4, -0.2) is 47.8 Å². The van der Waals surface area contributed by atoms with Gasteiger partial charge in [-0.2, -0.15) is 0 Å². The average Bonchev–Trinajstić information content (AvgIpc) is 3.38. The van der Waals surface area contributed by atoms with Gasteiger partial charge in [-0.15, -0.1) is 11.3 Å². The second kappa shape index (κ2) is 7.66. The number of ether oxygens (including phenoxy) is 2. The van der Waals surface area contributed by atoms with E-state index in [2.05, 4.69) is 10.1 Å². The summed E-state index contributed by atoms with van der Waals surface area (Å²) < 4.78 is 17.3. The molecule has 0 radical (unpaired) electrons. The van der Waals surface area contributed by atoms with E-state index in [4.69, 9.17) is 14.0 Å². The number of hydrogen-bond acceptors (Lipinski definition) is 7. The van der Waals surface area contributed by atoms with Gasteiger partial charge in [-0.1, -0.05) is 5.16 Å². The Balaban J connectivity index is 1.36. The lowest BCUT2D eigenvalue weighted by atomic mass is 10.1. The molecule has 0 aliphatic carbocycles. The van der Waals surface area contributed by atoms with E-state index in [1.54, 1.807) is 29.4 Å². The minimum atomic E-state index is -0.108. The Morgan fingerprint density at radius 3 is 3.15 bits per heavy atom. The first-order valence-corrected chi connectivity index (χ1v) is 9.68. The Hall–Kier alpha value is -2.45. The Labute approximate surface area is 160 Å². The fraction of sp³-hybridized carbons (Fsp3) is 0.421. The number of carbonyl (C=O) groups is 1. The van der Waals surface area contributed by atoms with Gasteiger partial charge in [-0.05, 0) is 25.5 Å². The molecule has 1 atom stereocenters. The molecule has 1 aromatic carbocycles. The van der Waals surface area contributed by atoms with Crippen LogP contribution in [0.1, 0.15) is 27.7 Å². The predicted octanol–water partition coefficient (Wildman–Crippen LogP) is 3.28. The van der Waals surface area contributed by atoms with E-state index < -0.39 is 0 Å². The maximum absolute atomic E-state index is 12.5. The second-order valence-electron chi connectivity index (χ2n) is 6.69. The van der Waals surface area contributed by atoms with Crippen LogP contribution in [0.4, 0.5) is 0 Å². The van der Waals surface area contributed by atoms with Crippen LogP contribution in [0, 0.1) is 12.8 Å². The molecular formula is C19H21N3O4S. The molecular weight excluding hydrogens is 366 g/mol. The van der Waals surface area contributed by atoms with E-state index in [0.717, 1.165) is 28.2 Å². The number of nitrogens with zero attached hydrogens (tertiary/aromatic N) is 3. The molecule has 7 nitrogen and oxygen atoms in total. The third-order valence-electron chi connectivity index (χ3n) is 4.60. The van der Waals surface area contributed by atoms with Gasteiger partial charge in [-0.3, -0.25) is 4.79 Å². The molecule has 1 saturated heterocycles. The molecule has 1 aliphatic heterocycles. The summed E-state index contributed by atoms with van der Waals surface area (Å²) >= 11 is 1.65. The average molecular weight is 387 g/mol. The largest absolute Gasteiger partial charge is 0.485 e.